The molecule has 1 saturated carbocycles. The Hall–Kier alpha value is -1.81. The van der Waals surface area contributed by atoms with Crippen molar-refractivity contribution in [1.29, 1.82) is 5.26 Å². The minimum Gasteiger partial charge on any atom is -0.382 e. The van der Waals surface area contributed by atoms with Gasteiger partial charge < -0.3 is 5.32 Å². The smallest absolute Gasteiger partial charge is 0.235 e. The third kappa shape index (κ3) is 3.42. The molecule has 2 aliphatic rings. The molecule has 1 aromatic carbocycles. The maximum atomic E-state index is 14.1. The van der Waals surface area contributed by atoms with E-state index in [4.69, 9.17) is 5.26 Å². The van der Waals surface area contributed by atoms with Gasteiger partial charge in [-0.05, 0) is 43.9 Å². The molecule has 1 aliphatic carbocycles. The summed E-state index contributed by atoms with van der Waals surface area (Å²) in [6.07, 6.45) is 4.17. The standard InChI is InChI=1S/C16H20FN3O2S/c17-15-6-5-14(19-13-4-1-3-12(9-13)11-18)10-16(15)20-7-2-8-23(20,21)22/h5-6,10,12-13,19H,1-4,7-9H2/t12-,13-/m0/s1. The fourth-order valence-electron chi connectivity index (χ4n) is 3.38. The molecule has 0 aromatic heterocycles. The number of benzene rings is 1. The molecule has 1 N–H and O–H groups in total. The SMILES string of the molecule is N#C[C@H]1CCC[C@H](Nc2ccc(F)c(N3CCCS3(=O)=O)c2)C1. The van der Waals surface area contributed by atoms with Crippen LogP contribution in [0.25, 0.3) is 0 Å². The Balaban J connectivity index is 1.79. The predicted molar refractivity (Wildman–Crippen MR) is 87.1 cm³/mol. The van der Waals surface area contributed by atoms with Gasteiger partial charge in [0, 0.05) is 24.2 Å². The number of anilines is 2. The molecule has 5 nitrogen and oxygen atoms in total. The van der Waals surface area contributed by atoms with Gasteiger partial charge in [-0.2, -0.15) is 5.26 Å². The summed E-state index contributed by atoms with van der Waals surface area (Å²) in [6.45, 7) is 0.322. The summed E-state index contributed by atoms with van der Waals surface area (Å²) in [5.74, 6) is -0.406. The lowest BCUT2D eigenvalue weighted by molar-refractivity contribution is 0.395. The summed E-state index contributed by atoms with van der Waals surface area (Å²) in [7, 11) is -3.40. The second-order valence-electron chi connectivity index (χ2n) is 6.24. The molecule has 2 atom stereocenters. The summed E-state index contributed by atoms with van der Waals surface area (Å²) in [5, 5.41) is 12.4. The number of halogens is 1. The molecule has 1 heterocycles. The van der Waals surface area contributed by atoms with Gasteiger partial charge in [0.05, 0.1) is 17.5 Å². The van der Waals surface area contributed by atoms with Crippen LogP contribution in [0.3, 0.4) is 0 Å². The lowest BCUT2D eigenvalue weighted by atomic mass is 9.86. The van der Waals surface area contributed by atoms with Gasteiger partial charge in [-0.1, -0.05) is 6.42 Å². The molecule has 0 unspecified atom stereocenters. The van der Waals surface area contributed by atoms with Crippen LogP contribution in [0.15, 0.2) is 18.2 Å². The highest BCUT2D eigenvalue weighted by molar-refractivity contribution is 7.93. The average Bonchev–Trinajstić information content (AvgIpc) is 2.88. The number of rotatable bonds is 3. The molecule has 124 valence electrons. The maximum absolute atomic E-state index is 14.1. The van der Waals surface area contributed by atoms with Crippen LogP contribution in [-0.2, 0) is 10.0 Å². The van der Waals surface area contributed by atoms with E-state index >= 15 is 0 Å². The van der Waals surface area contributed by atoms with Crippen molar-refractivity contribution >= 4 is 21.4 Å². The van der Waals surface area contributed by atoms with Gasteiger partial charge in [-0.25, -0.2) is 12.8 Å². The van der Waals surface area contributed by atoms with Gasteiger partial charge in [-0.3, -0.25) is 4.31 Å². The van der Waals surface area contributed by atoms with Gasteiger partial charge in [0.2, 0.25) is 10.0 Å². The maximum Gasteiger partial charge on any atom is 0.235 e. The largest absolute Gasteiger partial charge is 0.382 e. The van der Waals surface area contributed by atoms with E-state index < -0.39 is 15.8 Å². The van der Waals surface area contributed by atoms with Crippen molar-refractivity contribution in [3.63, 3.8) is 0 Å². The fraction of sp³-hybridized carbons (Fsp3) is 0.562. The Labute approximate surface area is 136 Å². The van der Waals surface area contributed by atoms with Crippen molar-refractivity contribution in [2.24, 2.45) is 5.92 Å². The van der Waals surface area contributed by atoms with E-state index in [0.717, 1.165) is 30.0 Å². The van der Waals surface area contributed by atoms with E-state index in [9.17, 15) is 12.8 Å². The van der Waals surface area contributed by atoms with Crippen molar-refractivity contribution in [2.75, 3.05) is 21.9 Å². The predicted octanol–water partition coefficient (Wildman–Crippen LogP) is 2.86. The number of nitrogens with one attached hydrogen (secondary N) is 1. The molecule has 1 aliphatic heterocycles. The first kappa shape index (κ1) is 16.1. The Bertz CT molecular complexity index is 729. The third-order valence-electron chi connectivity index (χ3n) is 4.54. The van der Waals surface area contributed by atoms with Crippen LogP contribution in [0.5, 0.6) is 0 Å². The molecule has 0 bridgehead atoms. The minimum absolute atomic E-state index is 0.0557. The topological polar surface area (TPSA) is 73.2 Å². The van der Waals surface area contributed by atoms with E-state index in [1.807, 2.05) is 0 Å². The Morgan fingerprint density at radius 2 is 2.13 bits per heavy atom. The van der Waals surface area contributed by atoms with E-state index in [-0.39, 0.29) is 23.4 Å². The number of sulfonamides is 1. The molecule has 0 spiro atoms. The third-order valence-corrected chi connectivity index (χ3v) is 6.40. The highest BCUT2D eigenvalue weighted by Gasteiger charge is 2.30. The van der Waals surface area contributed by atoms with Crippen LogP contribution in [0.1, 0.15) is 32.1 Å². The average molecular weight is 337 g/mol. The van der Waals surface area contributed by atoms with Crippen LogP contribution < -0.4 is 9.62 Å². The fourth-order valence-corrected chi connectivity index (χ4v) is 4.94. The van der Waals surface area contributed by atoms with Crippen LogP contribution in [0, 0.1) is 23.1 Å². The van der Waals surface area contributed by atoms with Gasteiger partial charge in [0.25, 0.3) is 0 Å². The lowest BCUT2D eigenvalue weighted by Gasteiger charge is -2.27. The molecule has 2 fully saturated rings. The van der Waals surface area contributed by atoms with Gasteiger partial charge >= 0.3 is 0 Å². The van der Waals surface area contributed by atoms with E-state index in [1.54, 1.807) is 12.1 Å². The van der Waals surface area contributed by atoms with E-state index in [0.29, 0.717) is 18.7 Å². The molecular formula is C16H20FN3O2S. The molecule has 1 aromatic rings. The summed E-state index contributed by atoms with van der Waals surface area (Å²) >= 11 is 0. The second-order valence-corrected chi connectivity index (χ2v) is 8.25. The highest BCUT2D eigenvalue weighted by Crippen LogP contribution is 2.31. The van der Waals surface area contributed by atoms with Crippen molar-refractivity contribution in [3.05, 3.63) is 24.0 Å². The number of hydrogen-bond donors (Lipinski definition) is 1. The Morgan fingerprint density at radius 3 is 2.83 bits per heavy atom. The van der Waals surface area contributed by atoms with Gasteiger partial charge in [0.15, 0.2) is 0 Å². The van der Waals surface area contributed by atoms with E-state index in [1.165, 1.54) is 6.07 Å². The highest BCUT2D eigenvalue weighted by atomic mass is 32.2. The van der Waals surface area contributed by atoms with Crippen LogP contribution in [0.4, 0.5) is 15.8 Å². The monoisotopic (exact) mass is 337 g/mol. The first-order chi connectivity index (χ1) is 11.0. The zero-order valence-corrected chi connectivity index (χ0v) is 13.7. The zero-order valence-electron chi connectivity index (χ0n) is 12.8. The number of hydrogen-bond acceptors (Lipinski definition) is 4. The van der Waals surface area contributed by atoms with Crippen molar-refractivity contribution in [2.45, 2.75) is 38.1 Å². The molecule has 3 rings (SSSR count). The van der Waals surface area contributed by atoms with Gasteiger partial charge in [-0.15, -0.1) is 0 Å². The number of nitriles is 1. The second kappa shape index (κ2) is 6.36. The quantitative estimate of drug-likeness (QED) is 0.920. The molecule has 23 heavy (non-hydrogen) atoms. The summed E-state index contributed by atoms with van der Waals surface area (Å²) in [6, 6.07) is 6.96. The van der Waals surface area contributed by atoms with Crippen LogP contribution in [-0.4, -0.2) is 26.8 Å². The first-order valence-electron chi connectivity index (χ1n) is 7.96. The van der Waals surface area contributed by atoms with Crippen molar-refractivity contribution in [3.8, 4) is 6.07 Å². The first-order valence-corrected chi connectivity index (χ1v) is 9.56. The summed E-state index contributed by atoms with van der Waals surface area (Å²) in [4.78, 5) is 0. The molecule has 0 radical (unpaired) electrons. The molecular weight excluding hydrogens is 317 g/mol. The molecule has 0 amide bonds. The van der Waals surface area contributed by atoms with Gasteiger partial charge in [0.1, 0.15) is 5.82 Å². The van der Waals surface area contributed by atoms with Crippen molar-refractivity contribution in [1.82, 2.24) is 0 Å². The van der Waals surface area contributed by atoms with Crippen molar-refractivity contribution < 1.29 is 12.8 Å². The minimum atomic E-state index is -3.40. The van der Waals surface area contributed by atoms with Crippen LogP contribution in [0.2, 0.25) is 0 Å². The Morgan fingerprint density at radius 1 is 1.30 bits per heavy atom. The van der Waals surface area contributed by atoms with E-state index in [2.05, 4.69) is 11.4 Å². The summed E-state index contributed by atoms with van der Waals surface area (Å²) < 4.78 is 39.2. The summed E-state index contributed by atoms with van der Waals surface area (Å²) in [5.41, 5.74) is 0.812. The van der Waals surface area contributed by atoms with Crippen LogP contribution >= 0.6 is 0 Å². The zero-order chi connectivity index (χ0) is 16.4. The molecule has 1 saturated heterocycles. The molecule has 7 heteroatoms. The normalized spacial score (nSPS) is 26.7. The lowest BCUT2D eigenvalue weighted by Crippen LogP contribution is -2.28. The Kier molecular flexibility index (Phi) is 4.44. The number of nitrogens with zero attached hydrogens (tertiary/aromatic N) is 2.